The van der Waals surface area contributed by atoms with Crippen molar-refractivity contribution in [2.24, 2.45) is 0 Å². The highest BCUT2D eigenvalue weighted by Crippen LogP contribution is 2.09. The summed E-state index contributed by atoms with van der Waals surface area (Å²) in [5.41, 5.74) is 0.0516. The molecule has 0 aromatic carbocycles. The van der Waals surface area contributed by atoms with Gasteiger partial charge in [-0.25, -0.2) is 0 Å². The van der Waals surface area contributed by atoms with Gasteiger partial charge in [-0.05, 0) is 12.8 Å². The Morgan fingerprint density at radius 3 is 2.73 bits per heavy atom. The van der Waals surface area contributed by atoms with Gasteiger partial charge in [0.2, 0.25) is 0 Å². The number of hydrogen-bond acceptors (Lipinski definition) is 3. The quantitative estimate of drug-likeness (QED) is 0.314. The van der Waals surface area contributed by atoms with Gasteiger partial charge in [0.1, 0.15) is 12.4 Å². The second-order valence-electron chi connectivity index (χ2n) is 3.32. The number of halogens is 1. The predicted octanol–water partition coefficient (Wildman–Crippen LogP) is 2.59. The first-order valence-corrected chi connectivity index (χ1v) is 5.50. The summed E-state index contributed by atoms with van der Waals surface area (Å²) in [5.74, 6) is 0.702. The summed E-state index contributed by atoms with van der Waals surface area (Å²) in [5, 5.41) is 14.3. The molecular formula is C9H14ClN3O2. The molecule has 1 rings (SSSR count). The van der Waals surface area contributed by atoms with Crippen molar-refractivity contribution >= 4 is 17.3 Å². The monoisotopic (exact) mass is 231 g/mol. The molecule has 0 saturated heterocycles. The van der Waals surface area contributed by atoms with Gasteiger partial charge in [0.15, 0.2) is 0 Å². The van der Waals surface area contributed by atoms with Crippen LogP contribution in [0.25, 0.3) is 0 Å². The van der Waals surface area contributed by atoms with E-state index in [-0.39, 0.29) is 5.69 Å². The van der Waals surface area contributed by atoms with Crippen LogP contribution in [0.3, 0.4) is 0 Å². The molecule has 0 aliphatic rings. The van der Waals surface area contributed by atoms with Gasteiger partial charge in [0, 0.05) is 12.4 Å². The van der Waals surface area contributed by atoms with Crippen LogP contribution in [-0.4, -0.2) is 20.6 Å². The minimum absolute atomic E-state index is 0.0516. The van der Waals surface area contributed by atoms with Crippen molar-refractivity contribution in [1.82, 2.24) is 9.78 Å². The van der Waals surface area contributed by atoms with Gasteiger partial charge in [-0.3, -0.25) is 14.8 Å². The van der Waals surface area contributed by atoms with Gasteiger partial charge in [-0.15, -0.1) is 11.6 Å². The van der Waals surface area contributed by atoms with Crippen LogP contribution in [0.4, 0.5) is 5.69 Å². The second-order valence-corrected chi connectivity index (χ2v) is 3.70. The van der Waals surface area contributed by atoms with Gasteiger partial charge in [0.05, 0.1) is 4.92 Å². The first-order chi connectivity index (χ1) is 7.24. The number of aryl methyl sites for hydroxylation is 1. The normalized spacial score (nSPS) is 10.5. The first kappa shape index (κ1) is 12.0. The van der Waals surface area contributed by atoms with E-state index >= 15 is 0 Å². The van der Waals surface area contributed by atoms with Gasteiger partial charge in [0.25, 0.3) is 0 Å². The van der Waals surface area contributed by atoms with Gasteiger partial charge in [-0.2, -0.15) is 5.10 Å². The maximum Gasteiger partial charge on any atom is 0.306 e. The highest BCUT2D eigenvalue weighted by Gasteiger charge is 2.07. The van der Waals surface area contributed by atoms with Crippen molar-refractivity contribution in [3.63, 3.8) is 0 Å². The average Bonchev–Trinajstić information content (AvgIpc) is 2.66. The first-order valence-electron chi connectivity index (χ1n) is 4.97. The number of nitrogens with zero attached hydrogens (tertiary/aromatic N) is 3. The highest BCUT2D eigenvalue weighted by atomic mass is 35.5. The fourth-order valence-electron chi connectivity index (χ4n) is 1.29. The third-order valence-electron chi connectivity index (χ3n) is 2.10. The average molecular weight is 232 g/mol. The summed E-state index contributed by atoms with van der Waals surface area (Å²) in [4.78, 5) is 9.93. The Hall–Kier alpha value is -1.10. The highest BCUT2D eigenvalue weighted by molar-refractivity contribution is 6.17. The largest absolute Gasteiger partial charge is 0.306 e. The predicted molar refractivity (Wildman–Crippen MR) is 58.1 cm³/mol. The van der Waals surface area contributed by atoms with E-state index in [2.05, 4.69) is 5.10 Å². The molecule has 0 aliphatic heterocycles. The van der Waals surface area contributed by atoms with Crippen molar-refractivity contribution < 1.29 is 4.92 Å². The second kappa shape index (κ2) is 6.40. The molecule has 0 saturated carbocycles. The zero-order chi connectivity index (χ0) is 11.1. The topological polar surface area (TPSA) is 61.0 Å². The maximum atomic E-state index is 10.4. The third kappa shape index (κ3) is 4.29. The molecule has 0 aliphatic carbocycles. The van der Waals surface area contributed by atoms with E-state index < -0.39 is 4.92 Å². The van der Waals surface area contributed by atoms with E-state index in [1.807, 2.05) is 0 Å². The summed E-state index contributed by atoms with van der Waals surface area (Å²) >= 11 is 5.54. The Morgan fingerprint density at radius 1 is 1.40 bits per heavy atom. The smallest absolute Gasteiger partial charge is 0.266 e. The maximum absolute atomic E-state index is 10.4. The van der Waals surface area contributed by atoms with Crippen LogP contribution in [0.2, 0.25) is 0 Å². The molecule has 0 fully saturated rings. The molecule has 5 nitrogen and oxygen atoms in total. The van der Waals surface area contributed by atoms with Crippen LogP contribution in [0.1, 0.15) is 25.7 Å². The lowest BCUT2D eigenvalue weighted by molar-refractivity contribution is -0.385. The molecule has 0 unspecified atom stereocenters. The minimum atomic E-state index is -0.434. The molecule has 6 heteroatoms. The number of hydrogen-bond donors (Lipinski definition) is 0. The van der Waals surface area contributed by atoms with E-state index in [1.54, 1.807) is 4.68 Å². The Morgan fingerprint density at radius 2 is 2.13 bits per heavy atom. The minimum Gasteiger partial charge on any atom is -0.266 e. The Kier molecular flexibility index (Phi) is 5.10. The SMILES string of the molecule is O=[N+]([O-])c1cnn(CCCCCCCl)c1. The van der Waals surface area contributed by atoms with Crippen LogP contribution in [0.5, 0.6) is 0 Å². The Bertz CT molecular complexity index is 314. The summed E-state index contributed by atoms with van der Waals surface area (Å²) in [6.45, 7) is 0.732. The van der Waals surface area contributed by atoms with Crippen LogP contribution >= 0.6 is 11.6 Å². The van der Waals surface area contributed by atoms with Crippen molar-refractivity contribution in [2.75, 3.05) is 5.88 Å². The summed E-state index contributed by atoms with van der Waals surface area (Å²) in [6.07, 6.45) is 6.93. The van der Waals surface area contributed by atoms with Crippen LogP contribution in [0, 0.1) is 10.1 Å². The molecule has 0 bridgehead atoms. The summed E-state index contributed by atoms with van der Waals surface area (Å²) < 4.78 is 1.61. The third-order valence-corrected chi connectivity index (χ3v) is 2.37. The lowest BCUT2D eigenvalue weighted by Crippen LogP contribution is -1.98. The van der Waals surface area contributed by atoms with E-state index in [9.17, 15) is 10.1 Å². The molecule has 1 heterocycles. The van der Waals surface area contributed by atoms with Crippen LogP contribution < -0.4 is 0 Å². The molecule has 0 spiro atoms. The van der Waals surface area contributed by atoms with Crippen molar-refractivity contribution in [3.8, 4) is 0 Å². The number of unbranched alkanes of at least 4 members (excludes halogenated alkanes) is 3. The van der Waals surface area contributed by atoms with E-state index in [4.69, 9.17) is 11.6 Å². The zero-order valence-electron chi connectivity index (χ0n) is 8.43. The molecule has 84 valence electrons. The van der Waals surface area contributed by atoms with Crippen molar-refractivity contribution in [3.05, 3.63) is 22.5 Å². The van der Waals surface area contributed by atoms with Crippen LogP contribution in [-0.2, 0) is 6.54 Å². The molecule has 0 atom stereocenters. The molecule has 0 amide bonds. The van der Waals surface area contributed by atoms with E-state index in [0.29, 0.717) is 5.88 Å². The Labute approximate surface area is 93.2 Å². The molecule has 1 aromatic heterocycles. The van der Waals surface area contributed by atoms with Gasteiger partial charge < -0.3 is 0 Å². The fraction of sp³-hybridized carbons (Fsp3) is 0.667. The lowest BCUT2D eigenvalue weighted by atomic mass is 10.2. The van der Waals surface area contributed by atoms with E-state index in [1.165, 1.54) is 12.4 Å². The Balaban J connectivity index is 2.23. The summed E-state index contributed by atoms with van der Waals surface area (Å²) in [7, 11) is 0. The number of aromatic nitrogens is 2. The standard InChI is InChI=1S/C9H14ClN3O2/c10-5-3-1-2-4-6-12-8-9(7-11-12)13(14)15/h7-8H,1-6H2. The lowest BCUT2D eigenvalue weighted by Gasteiger charge is -1.99. The van der Waals surface area contributed by atoms with Gasteiger partial charge >= 0.3 is 5.69 Å². The number of rotatable bonds is 7. The van der Waals surface area contributed by atoms with Crippen LogP contribution in [0.15, 0.2) is 12.4 Å². The van der Waals surface area contributed by atoms with Crippen molar-refractivity contribution in [2.45, 2.75) is 32.2 Å². The molecule has 15 heavy (non-hydrogen) atoms. The van der Waals surface area contributed by atoms with E-state index in [0.717, 1.165) is 32.2 Å². The van der Waals surface area contributed by atoms with Crippen molar-refractivity contribution in [1.29, 1.82) is 0 Å². The fourth-order valence-corrected chi connectivity index (χ4v) is 1.48. The summed E-state index contributed by atoms with van der Waals surface area (Å²) in [6, 6.07) is 0. The number of nitro groups is 1. The molecule has 0 radical (unpaired) electrons. The molecular weight excluding hydrogens is 218 g/mol. The van der Waals surface area contributed by atoms with Gasteiger partial charge in [-0.1, -0.05) is 12.8 Å². The number of alkyl halides is 1. The molecule has 0 N–H and O–H groups in total. The molecule has 1 aromatic rings. The zero-order valence-corrected chi connectivity index (χ0v) is 9.19.